The van der Waals surface area contributed by atoms with Gasteiger partial charge in [-0.15, -0.1) is 0 Å². The van der Waals surface area contributed by atoms with Gasteiger partial charge in [0, 0.05) is 5.56 Å². The quantitative estimate of drug-likeness (QED) is 0.244. The standard InChI is InChI=1S/C31H47FN2/c1-3-5-7-9-10-12-25-14-16-26(17-15-25)18-19-27-20-21-28(24-30(27)32)31-23-22-29(33-34-31)13-11-8-6-4-2/h20-26H,3-19H2,1-2H3. The summed E-state index contributed by atoms with van der Waals surface area (Å²) >= 11 is 0. The van der Waals surface area contributed by atoms with Crippen LogP contribution >= 0.6 is 0 Å². The summed E-state index contributed by atoms with van der Waals surface area (Å²) in [7, 11) is 0. The fourth-order valence-electron chi connectivity index (χ4n) is 5.49. The molecule has 0 aliphatic heterocycles. The van der Waals surface area contributed by atoms with Crippen molar-refractivity contribution in [2.75, 3.05) is 0 Å². The molecule has 188 valence electrons. The van der Waals surface area contributed by atoms with Gasteiger partial charge in [0.2, 0.25) is 0 Å². The Labute approximate surface area is 208 Å². The van der Waals surface area contributed by atoms with Gasteiger partial charge in [-0.3, -0.25) is 0 Å². The number of aromatic nitrogens is 2. The van der Waals surface area contributed by atoms with E-state index in [9.17, 15) is 4.39 Å². The lowest BCUT2D eigenvalue weighted by Gasteiger charge is -2.28. The van der Waals surface area contributed by atoms with Crippen LogP contribution in [-0.4, -0.2) is 10.2 Å². The van der Waals surface area contributed by atoms with Crippen molar-refractivity contribution in [2.24, 2.45) is 11.8 Å². The van der Waals surface area contributed by atoms with Crippen LogP contribution in [-0.2, 0) is 12.8 Å². The Morgan fingerprint density at radius 1 is 0.706 bits per heavy atom. The predicted molar refractivity (Wildman–Crippen MR) is 142 cm³/mol. The highest BCUT2D eigenvalue weighted by Crippen LogP contribution is 2.34. The number of unbranched alkanes of at least 4 members (excludes halogenated alkanes) is 7. The smallest absolute Gasteiger partial charge is 0.127 e. The van der Waals surface area contributed by atoms with E-state index < -0.39 is 0 Å². The third-order valence-corrected chi connectivity index (χ3v) is 7.86. The van der Waals surface area contributed by atoms with Gasteiger partial charge >= 0.3 is 0 Å². The second-order valence-corrected chi connectivity index (χ2v) is 10.7. The molecule has 2 aromatic rings. The van der Waals surface area contributed by atoms with Crippen molar-refractivity contribution in [3.05, 3.63) is 47.4 Å². The zero-order valence-electron chi connectivity index (χ0n) is 21.8. The molecule has 2 nitrogen and oxygen atoms in total. The van der Waals surface area contributed by atoms with E-state index in [0.717, 1.165) is 60.0 Å². The Bertz CT molecular complexity index is 809. The highest BCUT2D eigenvalue weighted by Gasteiger charge is 2.21. The van der Waals surface area contributed by atoms with Crippen molar-refractivity contribution < 1.29 is 4.39 Å². The molecule has 0 spiro atoms. The van der Waals surface area contributed by atoms with Gasteiger partial charge in [-0.2, -0.15) is 10.2 Å². The van der Waals surface area contributed by atoms with E-state index in [1.165, 1.54) is 83.5 Å². The van der Waals surface area contributed by atoms with E-state index in [2.05, 4.69) is 24.0 Å². The molecule has 0 N–H and O–H groups in total. The van der Waals surface area contributed by atoms with Gasteiger partial charge in [0.05, 0.1) is 11.4 Å². The van der Waals surface area contributed by atoms with Gasteiger partial charge in [-0.05, 0) is 61.3 Å². The maximum atomic E-state index is 14.9. The molecule has 1 heterocycles. The van der Waals surface area contributed by atoms with Crippen LogP contribution < -0.4 is 0 Å². The summed E-state index contributed by atoms with van der Waals surface area (Å²) in [6, 6.07) is 9.65. The topological polar surface area (TPSA) is 25.8 Å². The molecule has 34 heavy (non-hydrogen) atoms. The average Bonchev–Trinajstić information content (AvgIpc) is 2.87. The van der Waals surface area contributed by atoms with Crippen molar-refractivity contribution >= 4 is 0 Å². The Kier molecular flexibility index (Phi) is 12.1. The Morgan fingerprint density at radius 2 is 1.38 bits per heavy atom. The van der Waals surface area contributed by atoms with Crippen LogP contribution in [0.3, 0.4) is 0 Å². The van der Waals surface area contributed by atoms with Gasteiger partial charge in [0.25, 0.3) is 0 Å². The number of aryl methyl sites for hydroxylation is 2. The maximum Gasteiger partial charge on any atom is 0.127 e. The zero-order chi connectivity index (χ0) is 24.0. The minimum Gasteiger partial charge on any atom is -0.207 e. The second kappa shape index (κ2) is 15.3. The lowest BCUT2D eigenvalue weighted by atomic mass is 9.77. The van der Waals surface area contributed by atoms with Crippen LogP contribution in [0.2, 0.25) is 0 Å². The highest BCUT2D eigenvalue weighted by molar-refractivity contribution is 5.59. The number of rotatable bonds is 15. The molecular formula is C31H47FN2. The highest BCUT2D eigenvalue weighted by atomic mass is 19.1. The molecule has 0 unspecified atom stereocenters. The number of nitrogens with zero attached hydrogens (tertiary/aromatic N) is 2. The molecule has 1 aliphatic carbocycles. The summed E-state index contributed by atoms with van der Waals surface area (Å²) in [5.74, 6) is 1.62. The minimum atomic E-state index is -0.0938. The monoisotopic (exact) mass is 466 g/mol. The Morgan fingerprint density at radius 3 is 2.03 bits per heavy atom. The van der Waals surface area contributed by atoms with E-state index >= 15 is 0 Å². The van der Waals surface area contributed by atoms with Gasteiger partial charge in [-0.1, -0.05) is 109 Å². The van der Waals surface area contributed by atoms with E-state index in [1.54, 1.807) is 6.07 Å². The molecule has 3 heteroatoms. The second-order valence-electron chi connectivity index (χ2n) is 10.7. The largest absolute Gasteiger partial charge is 0.207 e. The van der Waals surface area contributed by atoms with Crippen LogP contribution in [0.1, 0.15) is 121 Å². The molecule has 0 radical (unpaired) electrons. The SMILES string of the molecule is CCCCCCCC1CCC(CCc2ccc(-c3ccc(CCCCCC)nn3)cc2F)CC1. The average molecular weight is 467 g/mol. The van der Waals surface area contributed by atoms with Crippen molar-refractivity contribution in [1.82, 2.24) is 10.2 Å². The molecule has 1 saturated carbocycles. The molecule has 0 atom stereocenters. The first-order chi connectivity index (χ1) is 16.7. The van der Waals surface area contributed by atoms with Crippen LogP contribution in [0.25, 0.3) is 11.3 Å². The first kappa shape index (κ1) is 26.8. The Hall–Kier alpha value is -1.77. The van der Waals surface area contributed by atoms with Crippen molar-refractivity contribution in [1.29, 1.82) is 0 Å². The minimum absolute atomic E-state index is 0.0938. The van der Waals surface area contributed by atoms with Crippen LogP contribution in [0.15, 0.2) is 30.3 Å². The van der Waals surface area contributed by atoms with E-state index in [-0.39, 0.29) is 5.82 Å². The molecule has 0 bridgehead atoms. The lowest BCUT2D eigenvalue weighted by molar-refractivity contribution is 0.248. The van der Waals surface area contributed by atoms with Crippen LogP contribution in [0.4, 0.5) is 4.39 Å². The summed E-state index contributed by atoms with van der Waals surface area (Å²) in [4.78, 5) is 0. The summed E-state index contributed by atoms with van der Waals surface area (Å²) in [5.41, 5.74) is 3.46. The molecule has 0 saturated heterocycles. The first-order valence-electron chi connectivity index (χ1n) is 14.3. The molecule has 1 fully saturated rings. The number of benzene rings is 1. The van der Waals surface area contributed by atoms with Crippen LogP contribution in [0.5, 0.6) is 0 Å². The van der Waals surface area contributed by atoms with Gasteiger partial charge in [0.1, 0.15) is 5.82 Å². The third kappa shape index (κ3) is 9.12. The summed E-state index contributed by atoms with van der Waals surface area (Å²) in [6.45, 7) is 4.51. The van der Waals surface area contributed by atoms with E-state index in [0.29, 0.717) is 0 Å². The van der Waals surface area contributed by atoms with Crippen molar-refractivity contribution in [3.63, 3.8) is 0 Å². The summed E-state index contributed by atoms with van der Waals surface area (Å²) in [5, 5.41) is 8.73. The predicted octanol–water partition coefficient (Wildman–Crippen LogP) is 9.50. The summed E-state index contributed by atoms with van der Waals surface area (Å²) in [6.07, 6.45) is 21.7. The first-order valence-corrected chi connectivity index (χ1v) is 14.3. The molecule has 1 aromatic carbocycles. The molecule has 3 rings (SSSR count). The molecule has 1 aromatic heterocycles. The van der Waals surface area contributed by atoms with E-state index in [4.69, 9.17) is 0 Å². The molecule has 1 aliphatic rings. The molecular weight excluding hydrogens is 419 g/mol. The molecule has 0 amide bonds. The lowest BCUT2D eigenvalue weighted by Crippen LogP contribution is -2.15. The fourth-order valence-corrected chi connectivity index (χ4v) is 5.49. The zero-order valence-corrected chi connectivity index (χ0v) is 21.8. The van der Waals surface area contributed by atoms with Crippen molar-refractivity contribution in [3.8, 4) is 11.3 Å². The third-order valence-electron chi connectivity index (χ3n) is 7.86. The van der Waals surface area contributed by atoms with Crippen molar-refractivity contribution in [2.45, 2.75) is 123 Å². The normalized spacial score (nSPS) is 18.3. The number of hydrogen-bond acceptors (Lipinski definition) is 2. The number of halogens is 1. The Balaban J connectivity index is 1.40. The van der Waals surface area contributed by atoms with E-state index in [1.807, 2.05) is 24.3 Å². The van der Waals surface area contributed by atoms with Gasteiger partial charge < -0.3 is 0 Å². The maximum absolute atomic E-state index is 14.9. The van der Waals surface area contributed by atoms with Gasteiger partial charge in [0.15, 0.2) is 0 Å². The van der Waals surface area contributed by atoms with Crippen LogP contribution in [0, 0.1) is 17.7 Å². The number of hydrogen-bond donors (Lipinski definition) is 0. The van der Waals surface area contributed by atoms with Gasteiger partial charge in [-0.25, -0.2) is 4.39 Å². The fraction of sp³-hybridized carbons (Fsp3) is 0.677. The summed E-state index contributed by atoms with van der Waals surface area (Å²) < 4.78 is 14.9.